The van der Waals surface area contributed by atoms with Crippen LogP contribution in [0.3, 0.4) is 0 Å². The second-order valence-electron chi connectivity index (χ2n) is 9.31. The third-order valence-corrected chi connectivity index (χ3v) is 6.41. The zero-order valence-electron chi connectivity index (χ0n) is 20.4. The van der Waals surface area contributed by atoms with Crippen LogP contribution in [0.15, 0.2) is 29.2 Å². The van der Waals surface area contributed by atoms with Gasteiger partial charge >= 0.3 is 0 Å². The molecule has 6 heteroatoms. The highest BCUT2D eigenvalue weighted by molar-refractivity contribution is 7.85. The topological polar surface area (TPSA) is 77.4 Å². The number of hydrogen-bond acceptors (Lipinski definition) is 4. The van der Waals surface area contributed by atoms with Gasteiger partial charge in [0.25, 0.3) is 0 Å². The third-order valence-electron chi connectivity index (χ3n) is 5.56. The van der Waals surface area contributed by atoms with Crippen LogP contribution in [0.25, 0.3) is 0 Å². The Morgan fingerprint density at radius 2 is 1.16 bits per heavy atom. The molecule has 0 spiro atoms. The molecule has 0 saturated carbocycles. The maximum atomic E-state index is 10.4. The van der Waals surface area contributed by atoms with Gasteiger partial charge in [0.1, 0.15) is 10.1 Å². The summed E-state index contributed by atoms with van der Waals surface area (Å²) in [6.45, 7) is 5.47. The molecule has 0 atom stereocenters. The van der Waals surface area contributed by atoms with Gasteiger partial charge in [0.05, 0.1) is 25.5 Å². The lowest BCUT2D eigenvalue weighted by Crippen LogP contribution is -2.41. The molecule has 1 aromatic rings. The van der Waals surface area contributed by atoms with Crippen molar-refractivity contribution in [2.45, 2.75) is 102 Å². The van der Waals surface area contributed by atoms with Crippen LogP contribution in [-0.4, -0.2) is 49.9 Å². The smallest absolute Gasteiger partial charge is 0.179 e. The van der Waals surface area contributed by atoms with Gasteiger partial charge in [0.2, 0.25) is 0 Å². The normalized spacial score (nSPS) is 11.8. The second-order valence-corrected chi connectivity index (χ2v) is 10.7. The number of aryl methyl sites for hydroxylation is 1. The lowest BCUT2D eigenvalue weighted by atomic mass is 10.0. The summed E-state index contributed by atoms with van der Waals surface area (Å²) in [6.07, 6.45) is 18.2. The van der Waals surface area contributed by atoms with E-state index in [1.807, 2.05) is 6.92 Å². The number of hydrogen-bond donors (Lipinski definition) is 1. The zero-order valence-corrected chi connectivity index (χ0v) is 21.3. The SMILES string of the molecule is CCCCCCCCCCCCCCC[N+](C)(C)CO.Cc1ccc(S(=O)(=O)[O-])cc1. The fourth-order valence-electron chi connectivity index (χ4n) is 3.33. The summed E-state index contributed by atoms with van der Waals surface area (Å²) in [4.78, 5) is -0.178. The predicted molar refractivity (Wildman–Crippen MR) is 129 cm³/mol. The van der Waals surface area contributed by atoms with Gasteiger partial charge in [-0.1, -0.05) is 95.2 Å². The quantitative estimate of drug-likeness (QED) is 0.143. The van der Waals surface area contributed by atoms with E-state index in [0.717, 1.165) is 16.6 Å². The Morgan fingerprint density at radius 3 is 1.52 bits per heavy atom. The molecule has 0 bridgehead atoms. The molecule has 0 radical (unpaired) electrons. The average Bonchev–Trinajstić information content (AvgIpc) is 2.71. The molecule has 1 N–H and O–H groups in total. The summed E-state index contributed by atoms with van der Waals surface area (Å²) < 4.78 is 31.9. The molecule has 0 aliphatic heterocycles. The number of nitrogens with zero attached hydrogens (tertiary/aromatic N) is 1. The Kier molecular flexibility index (Phi) is 17.0. The average molecular weight is 458 g/mol. The van der Waals surface area contributed by atoms with Crippen molar-refractivity contribution in [1.82, 2.24) is 0 Å². The van der Waals surface area contributed by atoms with Gasteiger partial charge in [-0.25, -0.2) is 8.42 Å². The van der Waals surface area contributed by atoms with E-state index in [-0.39, 0.29) is 11.6 Å². The molecule has 0 fully saturated rings. The summed E-state index contributed by atoms with van der Waals surface area (Å²) in [7, 11) is -0.0741. The minimum Gasteiger partial charge on any atom is -0.744 e. The zero-order chi connectivity index (χ0) is 23.6. The Labute approximate surface area is 192 Å². The molecule has 0 aliphatic rings. The molecule has 5 nitrogen and oxygen atoms in total. The molecule has 0 saturated heterocycles. The number of unbranched alkanes of at least 4 members (excludes halogenated alkanes) is 12. The number of rotatable bonds is 16. The van der Waals surface area contributed by atoms with Gasteiger partial charge in [0.15, 0.2) is 6.73 Å². The van der Waals surface area contributed by atoms with Gasteiger partial charge in [-0.15, -0.1) is 0 Å². The fraction of sp³-hybridized carbons (Fsp3) is 0.760. The first-order valence-electron chi connectivity index (χ1n) is 12.1. The van der Waals surface area contributed by atoms with E-state index in [4.69, 9.17) is 5.11 Å². The van der Waals surface area contributed by atoms with E-state index >= 15 is 0 Å². The molecule has 1 rings (SSSR count). The second kappa shape index (κ2) is 17.6. The molecule has 31 heavy (non-hydrogen) atoms. The van der Waals surface area contributed by atoms with Crippen molar-refractivity contribution >= 4 is 10.1 Å². The lowest BCUT2D eigenvalue weighted by Gasteiger charge is -2.26. The van der Waals surface area contributed by atoms with Gasteiger partial charge in [-0.2, -0.15) is 0 Å². The summed E-state index contributed by atoms with van der Waals surface area (Å²) in [5, 5.41) is 9.16. The van der Waals surface area contributed by atoms with Crippen LogP contribution in [0, 0.1) is 6.92 Å². The Balaban J connectivity index is 0.000000683. The summed E-state index contributed by atoms with van der Waals surface area (Å²) in [5.41, 5.74) is 0.928. The van der Waals surface area contributed by atoms with Crippen molar-refractivity contribution in [1.29, 1.82) is 0 Å². The van der Waals surface area contributed by atoms with Gasteiger partial charge in [-0.05, 0) is 31.9 Å². The molecule has 0 heterocycles. The van der Waals surface area contributed by atoms with E-state index in [1.165, 1.54) is 95.6 Å². The highest BCUT2D eigenvalue weighted by atomic mass is 32.2. The van der Waals surface area contributed by atoms with E-state index in [2.05, 4.69) is 21.0 Å². The molecular formula is C25H47NO4S. The van der Waals surface area contributed by atoms with E-state index in [0.29, 0.717) is 0 Å². The molecule has 182 valence electrons. The highest BCUT2D eigenvalue weighted by Crippen LogP contribution is 2.13. The van der Waals surface area contributed by atoms with Crippen molar-refractivity contribution in [2.24, 2.45) is 0 Å². The summed E-state index contributed by atoms with van der Waals surface area (Å²) >= 11 is 0. The maximum Gasteiger partial charge on any atom is 0.179 e. The van der Waals surface area contributed by atoms with Crippen LogP contribution in [0.1, 0.15) is 96.0 Å². The molecule has 1 aromatic carbocycles. The van der Waals surface area contributed by atoms with Gasteiger partial charge < -0.3 is 14.1 Å². The minimum absolute atomic E-state index is 0.178. The molecule has 0 aromatic heterocycles. The molecule has 0 aliphatic carbocycles. The van der Waals surface area contributed by atoms with Crippen LogP contribution in [-0.2, 0) is 10.1 Å². The number of aliphatic hydroxyl groups excluding tert-OH is 1. The fourth-order valence-corrected chi connectivity index (χ4v) is 3.80. The predicted octanol–water partition coefficient (Wildman–Crippen LogP) is 6.00. The molecular weight excluding hydrogens is 410 g/mol. The summed E-state index contributed by atoms with van der Waals surface area (Å²) in [6, 6.07) is 5.78. The van der Waals surface area contributed by atoms with Crippen molar-refractivity contribution in [2.75, 3.05) is 27.4 Å². The minimum atomic E-state index is -4.27. The van der Waals surface area contributed by atoms with Gasteiger partial charge in [-0.3, -0.25) is 0 Å². The monoisotopic (exact) mass is 457 g/mol. The maximum absolute atomic E-state index is 10.4. The van der Waals surface area contributed by atoms with Crippen molar-refractivity contribution in [3.05, 3.63) is 29.8 Å². The number of quaternary nitrogens is 1. The van der Waals surface area contributed by atoms with E-state index < -0.39 is 10.1 Å². The lowest BCUT2D eigenvalue weighted by molar-refractivity contribution is -0.909. The molecule has 0 amide bonds. The Morgan fingerprint density at radius 1 is 0.774 bits per heavy atom. The van der Waals surface area contributed by atoms with Crippen molar-refractivity contribution in [3.8, 4) is 0 Å². The van der Waals surface area contributed by atoms with Crippen molar-refractivity contribution in [3.63, 3.8) is 0 Å². The molecule has 0 unspecified atom stereocenters. The van der Waals surface area contributed by atoms with Crippen LogP contribution in [0.4, 0.5) is 0 Å². The van der Waals surface area contributed by atoms with Crippen LogP contribution >= 0.6 is 0 Å². The van der Waals surface area contributed by atoms with Crippen LogP contribution < -0.4 is 0 Å². The first kappa shape index (κ1) is 30.0. The standard InChI is InChI=1S/C18H40NO.C7H8O3S/c1-4-5-6-7-8-9-10-11-12-13-14-15-16-17-19(2,3)18-20;1-6-2-4-7(5-3-6)11(8,9)10/h20H,4-18H2,1-3H3;2-5H,1H3,(H,8,9,10)/q+1;/p-1. The summed E-state index contributed by atoms with van der Waals surface area (Å²) in [5.74, 6) is 0. The Hall–Kier alpha value is -0.950. The number of aliphatic hydroxyl groups is 1. The van der Waals surface area contributed by atoms with E-state index in [9.17, 15) is 13.0 Å². The van der Waals surface area contributed by atoms with E-state index in [1.54, 1.807) is 12.1 Å². The van der Waals surface area contributed by atoms with Crippen LogP contribution in [0.2, 0.25) is 0 Å². The first-order valence-corrected chi connectivity index (χ1v) is 13.5. The highest BCUT2D eigenvalue weighted by Gasteiger charge is 2.11. The number of benzene rings is 1. The third kappa shape index (κ3) is 18.3. The van der Waals surface area contributed by atoms with Crippen LogP contribution in [0.5, 0.6) is 0 Å². The van der Waals surface area contributed by atoms with Crippen molar-refractivity contribution < 1.29 is 22.6 Å². The largest absolute Gasteiger partial charge is 0.744 e. The Bertz CT molecular complexity index is 642. The first-order chi connectivity index (χ1) is 14.6. The van der Waals surface area contributed by atoms with Gasteiger partial charge in [0, 0.05) is 0 Å².